The number of amides is 3. The highest BCUT2D eigenvalue weighted by molar-refractivity contribution is 5.95. The van der Waals surface area contributed by atoms with E-state index in [1.807, 2.05) is 62.4 Å². The lowest BCUT2D eigenvalue weighted by Gasteiger charge is -2.32. The molecule has 1 fully saturated rings. The van der Waals surface area contributed by atoms with E-state index in [-0.39, 0.29) is 17.9 Å². The Morgan fingerprint density at radius 1 is 1.14 bits per heavy atom. The molecule has 1 aliphatic heterocycles. The van der Waals surface area contributed by atoms with Crippen LogP contribution in [0.15, 0.2) is 48.5 Å². The van der Waals surface area contributed by atoms with Crippen LogP contribution in [0, 0.1) is 12.8 Å². The second-order valence-corrected chi connectivity index (χ2v) is 7.42. The third-order valence-corrected chi connectivity index (χ3v) is 4.96. The van der Waals surface area contributed by atoms with E-state index >= 15 is 0 Å². The number of likely N-dealkylation sites (tertiary alicyclic amines) is 1. The van der Waals surface area contributed by atoms with Crippen molar-refractivity contribution in [3.05, 3.63) is 54.1 Å². The second-order valence-electron chi connectivity index (χ2n) is 7.42. The topological polar surface area (TPSA) is 70.7 Å². The van der Waals surface area contributed by atoms with Gasteiger partial charge in [0.2, 0.25) is 5.91 Å². The number of benzene rings is 2. The van der Waals surface area contributed by atoms with Crippen molar-refractivity contribution in [1.29, 1.82) is 0 Å². The monoisotopic (exact) mass is 395 g/mol. The lowest BCUT2D eigenvalue weighted by molar-refractivity contribution is -0.121. The van der Waals surface area contributed by atoms with E-state index in [4.69, 9.17) is 4.74 Å². The quantitative estimate of drug-likeness (QED) is 0.747. The van der Waals surface area contributed by atoms with Gasteiger partial charge in [0.25, 0.3) is 0 Å². The molecule has 3 amide bonds. The molecule has 29 heavy (non-hydrogen) atoms. The summed E-state index contributed by atoms with van der Waals surface area (Å²) in [7, 11) is 0. The molecule has 0 bridgehead atoms. The Morgan fingerprint density at radius 3 is 2.76 bits per heavy atom. The fourth-order valence-corrected chi connectivity index (χ4v) is 3.44. The van der Waals surface area contributed by atoms with Crippen LogP contribution in [0.1, 0.15) is 31.7 Å². The van der Waals surface area contributed by atoms with Crippen molar-refractivity contribution in [3.63, 3.8) is 0 Å². The number of rotatable bonds is 6. The number of aryl methyl sites for hydroxylation is 1. The van der Waals surface area contributed by atoms with E-state index < -0.39 is 0 Å². The Morgan fingerprint density at radius 2 is 1.97 bits per heavy atom. The van der Waals surface area contributed by atoms with Gasteiger partial charge in [-0.15, -0.1) is 0 Å². The Labute approximate surface area is 172 Å². The minimum atomic E-state index is -0.244. The summed E-state index contributed by atoms with van der Waals surface area (Å²) >= 11 is 0. The second kappa shape index (κ2) is 9.96. The number of carbonyl (C=O) groups is 2. The molecule has 3 rings (SSSR count). The third-order valence-electron chi connectivity index (χ3n) is 4.96. The largest absolute Gasteiger partial charge is 0.491 e. The van der Waals surface area contributed by atoms with Gasteiger partial charge in [0.15, 0.2) is 0 Å². The number of urea groups is 1. The average molecular weight is 396 g/mol. The zero-order chi connectivity index (χ0) is 20.6. The van der Waals surface area contributed by atoms with Crippen LogP contribution in [-0.4, -0.2) is 36.5 Å². The van der Waals surface area contributed by atoms with Crippen LogP contribution >= 0.6 is 0 Å². The highest BCUT2D eigenvalue weighted by atomic mass is 16.5. The summed E-state index contributed by atoms with van der Waals surface area (Å²) in [5.41, 5.74) is 2.53. The molecule has 2 N–H and O–H groups in total. The number of carbonyl (C=O) groups excluding carboxylic acids is 2. The molecule has 6 heteroatoms. The van der Waals surface area contributed by atoms with Crippen LogP contribution < -0.4 is 15.4 Å². The van der Waals surface area contributed by atoms with Crippen LogP contribution in [0.5, 0.6) is 5.75 Å². The first-order valence-electron chi connectivity index (χ1n) is 10.2. The normalized spacial score (nSPS) is 16.2. The van der Waals surface area contributed by atoms with Crippen LogP contribution in [0.25, 0.3) is 0 Å². The van der Waals surface area contributed by atoms with Crippen molar-refractivity contribution in [2.75, 3.05) is 30.3 Å². The first-order valence-corrected chi connectivity index (χ1v) is 10.2. The fourth-order valence-electron chi connectivity index (χ4n) is 3.44. The molecule has 0 saturated carbocycles. The molecule has 1 heterocycles. The van der Waals surface area contributed by atoms with Crippen molar-refractivity contribution in [3.8, 4) is 5.75 Å². The molecule has 1 unspecified atom stereocenters. The minimum Gasteiger partial charge on any atom is -0.491 e. The number of para-hydroxylation sites is 2. The maximum absolute atomic E-state index is 12.8. The van der Waals surface area contributed by atoms with Crippen LogP contribution in [0.3, 0.4) is 0 Å². The number of nitrogens with zero attached hydrogens (tertiary/aromatic N) is 1. The Bertz CT molecular complexity index is 853. The van der Waals surface area contributed by atoms with Gasteiger partial charge in [-0.3, -0.25) is 4.79 Å². The van der Waals surface area contributed by atoms with E-state index in [1.54, 1.807) is 4.90 Å². The van der Waals surface area contributed by atoms with Gasteiger partial charge >= 0.3 is 6.03 Å². The molecule has 0 aromatic heterocycles. The predicted octanol–water partition coefficient (Wildman–Crippen LogP) is 4.67. The van der Waals surface area contributed by atoms with Crippen molar-refractivity contribution in [2.24, 2.45) is 5.92 Å². The summed E-state index contributed by atoms with van der Waals surface area (Å²) in [4.78, 5) is 27.2. The average Bonchev–Trinajstić information content (AvgIpc) is 2.73. The SMILES string of the molecule is CCCOc1ccccc1NC(=O)C1CCCN(C(=O)Nc2cccc(C)c2)C1. The molecular weight excluding hydrogens is 366 g/mol. The van der Waals surface area contributed by atoms with Gasteiger partial charge < -0.3 is 20.3 Å². The number of ether oxygens (including phenoxy) is 1. The van der Waals surface area contributed by atoms with Crippen LogP contribution in [-0.2, 0) is 4.79 Å². The standard InChI is InChI=1S/C23H29N3O3/c1-3-14-29-21-12-5-4-11-20(21)25-22(27)18-9-7-13-26(16-18)23(28)24-19-10-6-8-17(2)15-19/h4-6,8,10-12,15,18H,3,7,9,13-14,16H2,1-2H3,(H,24,28)(H,25,27). The molecule has 0 aliphatic carbocycles. The van der Waals surface area contributed by atoms with Gasteiger partial charge in [0.05, 0.1) is 18.2 Å². The Balaban J connectivity index is 1.60. The summed E-state index contributed by atoms with van der Waals surface area (Å²) in [6.07, 6.45) is 2.46. The zero-order valence-electron chi connectivity index (χ0n) is 17.1. The zero-order valence-corrected chi connectivity index (χ0v) is 17.1. The van der Waals surface area contributed by atoms with Gasteiger partial charge in [0, 0.05) is 18.8 Å². The van der Waals surface area contributed by atoms with Crippen molar-refractivity contribution in [2.45, 2.75) is 33.1 Å². The van der Waals surface area contributed by atoms with Gasteiger partial charge in [-0.05, 0) is 56.0 Å². The third kappa shape index (κ3) is 5.73. The molecule has 2 aromatic rings. The highest BCUT2D eigenvalue weighted by Gasteiger charge is 2.29. The lowest BCUT2D eigenvalue weighted by atomic mass is 9.97. The van der Waals surface area contributed by atoms with Crippen molar-refractivity contribution < 1.29 is 14.3 Å². The fraction of sp³-hybridized carbons (Fsp3) is 0.391. The number of anilines is 2. The molecule has 2 aromatic carbocycles. The maximum Gasteiger partial charge on any atom is 0.321 e. The Kier molecular flexibility index (Phi) is 7.11. The summed E-state index contributed by atoms with van der Waals surface area (Å²) in [6, 6.07) is 15.0. The molecular formula is C23H29N3O3. The predicted molar refractivity (Wildman–Crippen MR) is 115 cm³/mol. The molecule has 0 spiro atoms. The van der Waals surface area contributed by atoms with Gasteiger partial charge in [-0.1, -0.05) is 31.2 Å². The number of piperidine rings is 1. The lowest BCUT2D eigenvalue weighted by Crippen LogP contribution is -2.45. The first kappa shape index (κ1) is 20.7. The summed E-state index contributed by atoms with van der Waals surface area (Å²) in [5.74, 6) is 0.351. The number of hydrogen-bond donors (Lipinski definition) is 2. The van der Waals surface area contributed by atoms with Crippen LogP contribution in [0.2, 0.25) is 0 Å². The molecule has 1 atom stereocenters. The van der Waals surface area contributed by atoms with E-state index in [0.29, 0.717) is 31.1 Å². The smallest absolute Gasteiger partial charge is 0.321 e. The number of hydrogen-bond acceptors (Lipinski definition) is 3. The van der Waals surface area contributed by atoms with E-state index in [1.165, 1.54) is 0 Å². The molecule has 0 radical (unpaired) electrons. The summed E-state index contributed by atoms with van der Waals surface area (Å²) < 4.78 is 5.72. The van der Waals surface area contributed by atoms with Crippen molar-refractivity contribution in [1.82, 2.24) is 4.90 Å². The molecule has 1 aliphatic rings. The van der Waals surface area contributed by atoms with Gasteiger partial charge in [0.1, 0.15) is 5.75 Å². The van der Waals surface area contributed by atoms with Crippen molar-refractivity contribution >= 4 is 23.3 Å². The van der Waals surface area contributed by atoms with E-state index in [0.717, 1.165) is 30.5 Å². The van der Waals surface area contributed by atoms with Crippen LogP contribution in [0.4, 0.5) is 16.2 Å². The molecule has 6 nitrogen and oxygen atoms in total. The summed E-state index contributed by atoms with van der Waals surface area (Å²) in [6.45, 7) is 5.68. The highest BCUT2D eigenvalue weighted by Crippen LogP contribution is 2.26. The Hall–Kier alpha value is -3.02. The first-order chi connectivity index (χ1) is 14.1. The molecule has 1 saturated heterocycles. The molecule has 154 valence electrons. The van der Waals surface area contributed by atoms with Gasteiger partial charge in [-0.25, -0.2) is 4.79 Å². The maximum atomic E-state index is 12.8. The van der Waals surface area contributed by atoms with E-state index in [9.17, 15) is 9.59 Å². The summed E-state index contributed by atoms with van der Waals surface area (Å²) in [5, 5.41) is 5.91. The van der Waals surface area contributed by atoms with E-state index in [2.05, 4.69) is 10.6 Å². The minimum absolute atomic E-state index is 0.0781. The number of nitrogens with one attached hydrogen (secondary N) is 2. The van der Waals surface area contributed by atoms with Gasteiger partial charge in [-0.2, -0.15) is 0 Å².